The van der Waals surface area contributed by atoms with Gasteiger partial charge in [0, 0.05) is 62.8 Å². The van der Waals surface area contributed by atoms with Gasteiger partial charge in [0.1, 0.15) is 35.1 Å². The Bertz CT molecular complexity index is 1670. The van der Waals surface area contributed by atoms with E-state index in [1.807, 2.05) is 12.1 Å². The summed E-state index contributed by atoms with van der Waals surface area (Å²) in [5, 5.41) is 3.02. The highest BCUT2D eigenvalue weighted by Crippen LogP contribution is 2.33. The van der Waals surface area contributed by atoms with E-state index >= 15 is 4.39 Å². The number of hydrogen-bond donors (Lipinski definition) is 1. The van der Waals surface area contributed by atoms with Gasteiger partial charge in [0.15, 0.2) is 0 Å². The van der Waals surface area contributed by atoms with Crippen LogP contribution >= 0.6 is 0 Å². The Morgan fingerprint density at radius 3 is 2.73 bits per heavy atom. The molecule has 0 spiro atoms. The fourth-order valence-electron chi connectivity index (χ4n) is 7.28. The highest BCUT2D eigenvalue weighted by Gasteiger charge is 2.40. The van der Waals surface area contributed by atoms with Crippen LogP contribution in [0.4, 0.5) is 4.39 Å². The number of ether oxygens (including phenoxy) is 2. The molecular weight excluding hydrogens is 579 g/mol. The second-order valence-electron chi connectivity index (χ2n) is 12.7. The Kier molecular flexibility index (Phi) is 7.96. The van der Waals surface area contributed by atoms with Gasteiger partial charge in [0.2, 0.25) is 11.8 Å². The number of benzene rings is 2. The first kappa shape index (κ1) is 29.7. The molecular formula is C33H37FN6O5. The van der Waals surface area contributed by atoms with E-state index in [0.717, 1.165) is 30.5 Å². The zero-order valence-electron chi connectivity index (χ0n) is 25.5. The van der Waals surface area contributed by atoms with Gasteiger partial charge in [0.05, 0.1) is 12.6 Å². The van der Waals surface area contributed by atoms with Crippen LogP contribution in [0.5, 0.6) is 5.75 Å². The standard InChI is InChI=1S/C33H37FN6O5/c1-38-9-3-4-26(38)31-35-13-20-10-19(11-25(34)30(20)37-31)14-39-15-22(18-44-2)28(17-39)45-23-5-6-24-21(12-23)16-40(33(24)43)27-7-8-29(41)36-32(27)42/h5-6,10-13,22,26-28H,3-4,7-9,14-18H2,1-2H3,(H,36,41,42)/t22-,26?,27-,28+/m0/s1. The molecule has 7 rings (SSSR count). The van der Waals surface area contributed by atoms with E-state index in [0.29, 0.717) is 60.7 Å². The number of hydrogen-bond acceptors (Lipinski definition) is 9. The predicted octanol–water partition coefficient (Wildman–Crippen LogP) is 2.82. The molecule has 3 saturated heterocycles. The van der Waals surface area contributed by atoms with Crippen molar-refractivity contribution < 1.29 is 28.2 Å². The fourth-order valence-corrected chi connectivity index (χ4v) is 7.28. The number of carbonyl (C=O) groups is 3. The van der Waals surface area contributed by atoms with Crippen LogP contribution in [0, 0.1) is 11.7 Å². The number of nitrogens with one attached hydrogen (secondary N) is 1. The maximum absolute atomic E-state index is 15.3. The Morgan fingerprint density at radius 2 is 1.96 bits per heavy atom. The van der Waals surface area contributed by atoms with Gasteiger partial charge >= 0.3 is 0 Å². The number of likely N-dealkylation sites (tertiary alicyclic amines) is 2. The molecule has 0 radical (unpaired) electrons. The molecule has 3 fully saturated rings. The molecule has 4 aliphatic rings. The second-order valence-corrected chi connectivity index (χ2v) is 12.7. The maximum Gasteiger partial charge on any atom is 0.255 e. The number of fused-ring (bicyclic) bond motifs is 2. The quantitative estimate of drug-likeness (QED) is 0.382. The van der Waals surface area contributed by atoms with Crippen molar-refractivity contribution >= 4 is 28.6 Å². The highest BCUT2D eigenvalue weighted by molar-refractivity contribution is 6.05. The van der Waals surface area contributed by atoms with Crippen molar-refractivity contribution in [2.24, 2.45) is 5.92 Å². The molecule has 1 N–H and O–H groups in total. The molecule has 236 valence electrons. The zero-order chi connectivity index (χ0) is 31.2. The minimum absolute atomic E-state index is 0.0875. The average Bonchev–Trinajstić information content (AvgIpc) is 3.70. The third-order valence-corrected chi connectivity index (χ3v) is 9.56. The highest BCUT2D eigenvalue weighted by atomic mass is 19.1. The number of rotatable bonds is 8. The monoisotopic (exact) mass is 616 g/mol. The molecule has 5 heterocycles. The smallest absolute Gasteiger partial charge is 0.255 e. The van der Waals surface area contributed by atoms with Crippen LogP contribution in [0.1, 0.15) is 59.0 Å². The van der Waals surface area contributed by atoms with Crippen LogP contribution in [0.15, 0.2) is 36.5 Å². The van der Waals surface area contributed by atoms with Gasteiger partial charge in [-0.25, -0.2) is 14.4 Å². The van der Waals surface area contributed by atoms with E-state index in [1.54, 1.807) is 31.5 Å². The first-order valence-electron chi connectivity index (χ1n) is 15.6. The second kappa shape index (κ2) is 12.1. The lowest BCUT2D eigenvalue weighted by molar-refractivity contribution is -0.136. The van der Waals surface area contributed by atoms with Gasteiger partial charge < -0.3 is 14.4 Å². The Hall–Kier alpha value is -4.00. The van der Waals surface area contributed by atoms with Crippen LogP contribution in [0.2, 0.25) is 0 Å². The Labute approximate surface area is 260 Å². The zero-order valence-corrected chi connectivity index (χ0v) is 25.5. The van der Waals surface area contributed by atoms with Crippen molar-refractivity contribution in [1.29, 1.82) is 0 Å². The molecule has 45 heavy (non-hydrogen) atoms. The number of methoxy groups -OCH3 is 1. The van der Waals surface area contributed by atoms with Crippen molar-refractivity contribution in [1.82, 2.24) is 30.0 Å². The molecule has 0 saturated carbocycles. The number of halogens is 1. The average molecular weight is 617 g/mol. The molecule has 4 atom stereocenters. The van der Waals surface area contributed by atoms with Crippen molar-refractivity contribution in [2.75, 3.05) is 40.4 Å². The summed E-state index contributed by atoms with van der Waals surface area (Å²) in [4.78, 5) is 52.3. The summed E-state index contributed by atoms with van der Waals surface area (Å²) in [5.74, 6) is 0.0976. The number of aromatic nitrogens is 2. The molecule has 3 aromatic rings. The van der Waals surface area contributed by atoms with Crippen molar-refractivity contribution in [3.05, 3.63) is 64.9 Å². The number of imide groups is 1. The SMILES string of the molecule is COC[C@@H]1CN(Cc2cc(F)c3nc(C4CCCN4C)ncc3c2)C[C@H]1Oc1ccc2c(c1)CN([C@H]1CCC(=O)NC1=O)C2=O. The first-order chi connectivity index (χ1) is 21.8. The summed E-state index contributed by atoms with van der Waals surface area (Å²) >= 11 is 0. The van der Waals surface area contributed by atoms with Gasteiger partial charge in [-0.3, -0.25) is 29.5 Å². The van der Waals surface area contributed by atoms with Gasteiger partial charge in [-0.15, -0.1) is 0 Å². The summed E-state index contributed by atoms with van der Waals surface area (Å²) in [6.07, 6.45) is 4.16. The van der Waals surface area contributed by atoms with E-state index in [4.69, 9.17) is 9.47 Å². The summed E-state index contributed by atoms with van der Waals surface area (Å²) in [5.41, 5.74) is 2.53. The van der Waals surface area contributed by atoms with E-state index in [2.05, 4.69) is 32.1 Å². The molecule has 11 nitrogen and oxygen atoms in total. The maximum atomic E-state index is 15.3. The number of piperidine rings is 1. The molecule has 3 amide bonds. The van der Waals surface area contributed by atoms with E-state index in [9.17, 15) is 14.4 Å². The van der Waals surface area contributed by atoms with Gasteiger partial charge in [-0.05, 0) is 74.3 Å². The minimum Gasteiger partial charge on any atom is -0.489 e. The molecule has 0 bridgehead atoms. The third kappa shape index (κ3) is 5.78. The Balaban J connectivity index is 1.03. The first-order valence-corrected chi connectivity index (χ1v) is 15.6. The van der Waals surface area contributed by atoms with Gasteiger partial charge in [0.25, 0.3) is 5.91 Å². The van der Waals surface area contributed by atoms with Crippen molar-refractivity contribution in [2.45, 2.75) is 57.0 Å². The lowest BCUT2D eigenvalue weighted by atomic mass is 10.0. The molecule has 1 aromatic heterocycles. The summed E-state index contributed by atoms with van der Waals surface area (Å²) in [6.45, 7) is 3.66. The lowest BCUT2D eigenvalue weighted by Gasteiger charge is -2.29. The summed E-state index contributed by atoms with van der Waals surface area (Å²) in [7, 11) is 3.72. The van der Waals surface area contributed by atoms with Gasteiger partial charge in [-0.1, -0.05) is 0 Å². The molecule has 4 aliphatic heterocycles. The summed E-state index contributed by atoms with van der Waals surface area (Å²) < 4.78 is 27.3. The van der Waals surface area contributed by atoms with Crippen LogP contribution in [0.25, 0.3) is 10.9 Å². The van der Waals surface area contributed by atoms with Crippen molar-refractivity contribution in [3.8, 4) is 5.75 Å². The third-order valence-electron chi connectivity index (χ3n) is 9.56. The topological polar surface area (TPSA) is 117 Å². The molecule has 2 aromatic carbocycles. The minimum atomic E-state index is -0.663. The van der Waals surface area contributed by atoms with E-state index < -0.39 is 11.9 Å². The number of carbonyl (C=O) groups excluding carboxylic acids is 3. The largest absolute Gasteiger partial charge is 0.489 e. The van der Waals surface area contributed by atoms with E-state index in [1.165, 1.54) is 4.90 Å². The molecule has 12 heteroatoms. The summed E-state index contributed by atoms with van der Waals surface area (Å²) in [6, 6.07) is 8.39. The van der Waals surface area contributed by atoms with Crippen LogP contribution in [-0.2, 0) is 27.4 Å². The lowest BCUT2D eigenvalue weighted by Crippen LogP contribution is -2.52. The number of amides is 3. The molecule has 1 unspecified atom stereocenters. The normalized spacial score (nSPS) is 25.8. The van der Waals surface area contributed by atoms with Crippen LogP contribution in [-0.4, -0.2) is 94.9 Å². The van der Waals surface area contributed by atoms with E-state index in [-0.39, 0.29) is 48.7 Å². The van der Waals surface area contributed by atoms with Crippen molar-refractivity contribution in [3.63, 3.8) is 0 Å². The van der Waals surface area contributed by atoms with Crippen LogP contribution in [0.3, 0.4) is 0 Å². The Morgan fingerprint density at radius 1 is 1.09 bits per heavy atom. The van der Waals surface area contributed by atoms with Gasteiger partial charge in [-0.2, -0.15) is 0 Å². The predicted molar refractivity (Wildman–Crippen MR) is 162 cm³/mol. The molecule has 0 aliphatic carbocycles. The fraction of sp³-hybridized carbons (Fsp3) is 0.485. The van der Waals surface area contributed by atoms with Crippen LogP contribution < -0.4 is 10.1 Å². The number of nitrogens with zero attached hydrogens (tertiary/aromatic N) is 5.